The minimum Gasteiger partial charge on any atom is -0.295 e. The van der Waals surface area contributed by atoms with E-state index in [0.717, 1.165) is 0 Å². The molecule has 0 atom stereocenters. The van der Waals surface area contributed by atoms with Gasteiger partial charge in [-0.15, -0.1) is 11.3 Å². The van der Waals surface area contributed by atoms with Crippen molar-refractivity contribution in [3.8, 4) is 21.1 Å². The van der Waals surface area contributed by atoms with E-state index in [1.807, 2.05) is 11.3 Å². The van der Waals surface area contributed by atoms with Gasteiger partial charge < -0.3 is 0 Å². The van der Waals surface area contributed by atoms with Crippen LogP contribution in [0.5, 0.6) is 0 Å². The minimum atomic E-state index is 1.17. The van der Waals surface area contributed by atoms with E-state index in [1.54, 1.807) is 0 Å². The number of hydrogen-bond acceptors (Lipinski definition) is 1. The number of fused-ring (bicyclic) bond motifs is 7. The Morgan fingerprint density at radius 3 is 1.80 bits per heavy atom. The Labute approximate surface area is 240 Å². The van der Waals surface area contributed by atoms with Crippen molar-refractivity contribution in [1.82, 2.24) is 9.13 Å². The molecule has 6 aromatic carbocycles. The molecule has 0 fully saturated rings. The fraction of sp³-hybridized carbons (Fsp3) is 0. The molecule has 9 rings (SSSR count). The maximum Gasteiger partial charge on any atom is 0.132 e. The molecule has 0 aliphatic rings. The van der Waals surface area contributed by atoms with Crippen LogP contribution in [0, 0.1) is 0 Å². The summed E-state index contributed by atoms with van der Waals surface area (Å²) in [5.41, 5.74) is 6.08. The van der Waals surface area contributed by atoms with E-state index in [9.17, 15) is 0 Å². The standard InChI is InChI=1S/C38H24N2S/c1-2-12-30(13-3-1)39-33-16-8-6-14-31(33)37-32-15-7-9-17-34(32)40(38(37)39)36-21-20-35(41-36)28-19-18-27-22-25-10-4-5-11-26(25)23-29(27)24-28/h1-24H. The first-order valence-electron chi connectivity index (χ1n) is 13.9. The maximum atomic E-state index is 2.46. The first-order chi connectivity index (χ1) is 20.3. The lowest BCUT2D eigenvalue weighted by Crippen LogP contribution is -2.00. The zero-order valence-corrected chi connectivity index (χ0v) is 23.0. The summed E-state index contributed by atoms with van der Waals surface area (Å²) in [6, 6.07) is 52.9. The molecule has 0 bridgehead atoms. The molecule has 9 aromatic rings. The second-order valence-corrected chi connectivity index (χ2v) is 11.7. The van der Waals surface area contributed by atoms with Crippen LogP contribution < -0.4 is 0 Å². The molecular formula is C38H24N2S. The first kappa shape index (κ1) is 22.7. The van der Waals surface area contributed by atoms with Gasteiger partial charge in [0, 0.05) is 26.7 Å². The molecule has 192 valence electrons. The second kappa shape index (κ2) is 8.69. The molecule has 0 radical (unpaired) electrons. The van der Waals surface area contributed by atoms with Gasteiger partial charge in [0.25, 0.3) is 0 Å². The van der Waals surface area contributed by atoms with Gasteiger partial charge in [-0.25, -0.2) is 0 Å². The normalized spacial score (nSPS) is 11.9. The van der Waals surface area contributed by atoms with Gasteiger partial charge in [0.2, 0.25) is 0 Å². The Morgan fingerprint density at radius 1 is 0.439 bits per heavy atom. The van der Waals surface area contributed by atoms with Crippen LogP contribution >= 0.6 is 11.3 Å². The van der Waals surface area contributed by atoms with Crippen LogP contribution in [0.2, 0.25) is 0 Å². The van der Waals surface area contributed by atoms with Gasteiger partial charge >= 0.3 is 0 Å². The van der Waals surface area contributed by atoms with Crippen molar-refractivity contribution in [2.75, 3.05) is 0 Å². The largest absolute Gasteiger partial charge is 0.295 e. The smallest absolute Gasteiger partial charge is 0.132 e. The number of aromatic nitrogens is 2. The Morgan fingerprint density at radius 2 is 1.05 bits per heavy atom. The molecule has 0 spiro atoms. The van der Waals surface area contributed by atoms with E-state index >= 15 is 0 Å². The van der Waals surface area contributed by atoms with Crippen molar-refractivity contribution in [2.24, 2.45) is 0 Å². The molecule has 3 aromatic heterocycles. The molecule has 0 amide bonds. The quantitative estimate of drug-likeness (QED) is 0.197. The third kappa shape index (κ3) is 3.36. The molecule has 0 unspecified atom stereocenters. The topological polar surface area (TPSA) is 9.86 Å². The van der Waals surface area contributed by atoms with Crippen LogP contribution in [-0.2, 0) is 0 Å². The molecule has 0 saturated carbocycles. The first-order valence-corrected chi connectivity index (χ1v) is 14.8. The highest BCUT2D eigenvalue weighted by Crippen LogP contribution is 2.43. The van der Waals surface area contributed by atoms with Crippen molar-refractivity contribution in [1.29, 1.82) is 0 Å². The lowest BCUT2D eigenvalue weighted by atomic mass is 10.0. The summed E-state index contributed by atoms with van der Waals surface area (Å²) >= 11 is 1.85. The Hall–Kier alpha value is -5.12. The number of benzene rings is 6. The molecule has 0 N–H and O–H groups in total. The van der Waals surface area contributed by atoms with Gasteiger partial charge in [0.15, 0.2) is 0 Å². The Bertz CT molecular complexity index is 2420. The van der Waals surface area contributed by atoms with Crippen LogP contribution in [0.1, 0.15) is 0 Å². The third-order valence-corrected chi connectivity index (χ3v) is 9.41. The molecule has 2 nitrogen and oxygen atoms in total. The van der Waals surface area contributed by atoms with Crippen LogP contribution in [0.25, 0.3) is 75.5 Å². The molecule has 0 aliphatic heterocycles. The van der Waals surface area contributed by atoms with Crippen molar-refractivity contribution in [3.63, 3.8) is 0 Å². The minimum absolute atomic E-state index is 1.17. The zero-order chi connectivity index (χ0) is 26.9. The van der Waals surface area contributed by atoms with E-state index in [4.69, 9.17) is 0 Å². The van der Waals surface area contributed by atoms with Crippen LogP contribution in [-0.4, -0.2) is 9.13 Å². The van der Waals surface area contributed by atoms with E-state index in [1.165, 1.54) is 75.5 Å². The SMILES string of the molecule is c1ccc(-n2c3ccccc3c3c4ccccc4n(-c4ccc(-c5ccc6cc7ccccc7cc6c5)s4)c32)cc1. The highest BCUT2D eigenvalue weighted by Gasteiger charge is 2.22. The zero-order valence-electron chi connectivity index (χ0n) is 22.2. The van der Waals surface area contributed by atoms with E-state index < -0.39 is 0 Å². The van der Waals surface area contributed by atoms with E-state index in [2.05, 4.69) is 155 Å². The number of hydrogen-bond donors (Lipinski definition) is 0. The van der Waals surface area contributed by atoms with Gasteiger partial charge in [-0.05, 0) is 81.7 Å². The van der Waals surface area contributed by atoms with Gasteiger partial charge in [0.05, 0.1) is 11.0 Å². The van der Waals surface area contributed by atoms with Gasteiger partial charge in [-0.3, -0.25) is 9.13 Å². The molecule has 3 heterocycles. The summed E-state index contributed by atoms with van der Waals surface area (Å²) in [4.78, 5) is 1.27. The third-order valence-electron chi connectivity index (χ3n) is 8.29. The van der Waals surface area contributed by atoms with Crippen molar-refractivity contribution >= 4 is 65.7 Å². The van der Waals surface area contributed by atoms with E-state index in [-0.39, 0.29) is 0 Å². The molecular weight excluding hydrogens is 516 g/mol. The van der Waals surface area contributed by atoms with Crippen LogP contribution in [0.4, 0.5) is 0 Å². The predicted octanol–water partition coefficient (Wildman–Crippen LogP) is 10.8. The second-order valence-electron chi connectivity index (χ2n) is 10.6. The van der Waals surface area contributed by atoms with Gasteiger partial charge in [-0.2, -0.15) is 0 Å². The van der Waals surface area contributed by atoms with Crippen molar-refractivity contribution < 1.29 is 0 Å². The average molecular weight is 541 g/mol. The maximum absolute atomic E-state index is 2.46. The average Bonchev–Trinajstić information content (AvgIpc) is 3.73. The summed E-state index contributed by atoms with van der Waals surface area (Å²) in [5, 5.41) is 10.2. The van der Waals surface area contributed by atoms with Crippen LogP contribution in [0.15, 0.2) is 146 Å². The number of rotatable bonds is 3. The van der Waals surface area contributed by atoms with Gasteiger partial charge in [0.1, 0.15) is 10.6 Å². The monoisotopic (exact) mass is 540 g/mol. The predicted molar refractivity (Wildman–Crippen MR) is 176 cm³/mol. The fourth-order valence-corrected chi connectivity index (χ4v) is 7.47. The van der Waals surface area contributed by atoms with Gasteiger partial charge in [-0.1, -0.05) is 91.0 Å². The summed E-state index contributed by atoms with van der Waals surface area (Å²) in [5.74, 6) is 0. The Balaban J connectivity index is 1.30. The Kier molecular flexibility index (Phi) is 4.80. The van der Waals surface area contributed by atoms with E-state index in [0.29, 0.717) is 0 Å². The molecule has 0 aliphatic carbocycles. The highest BCUT2D eigenvalue weighted by molar-refractivity contribution is 7.18. The lowest BCUT2D eigenvalue weighted by molar-refractivity contribution is 1.08. The van der Waals surface area contributed by atoms with Crippen LogP contribution in [0.3, 0.4) is 0 Å². The number of thiophene rings is 1. The number of nitrogens with zero attached hydrogens (tertiary/aromatic N) is 2. The summed E-state index contributed by atoms with van der Waals surface area (Å²) in [6.07, 6.45) is 0. The molecule has 41 heavy (non-hydrogen) atoms. The molecule has 0 saturated heterocycles. The summed E-state index contributed by atoms with van der Waals surface area (Å²) < 4.78 is 4.88. The number of para-hydroxylation sites is 3. The van der Waals surface area contributed by atoms with Crippen molar-refractivity contribution in [2.45, 2.75) is 0 Å². The van der Waals surface area contributed by atoms with Crippen molar-refractivity contribution in [3.05, 3.63) is 146 Å². The highest BCUT2D eigenvalue weighted by atomic mass is 32.1. The lowest BCUT2D eigenvalue weighted by Gasteiger charge is -2.11. The summed E-state index contributed by atoms with van der Waals surface area (Å²) in [6.45, 7) is 0. The molecule has 3 heteroatoms. The fourth-order valence-electron chi connectivity index (χ4n) is 6.46. The summed E-state index contributed by atoms with van der Waals surface area (Å²) in [7, 11) is 0.